The Bertz CT molecular complexity index is 749. The molecule has 0 aliphatic heterocycles. The average molecular weight is 392 g/mol. The first kappa shape index (κ1) is 23.4. The van der Waals surface area contributed by atoms with Crippen molar-refractivity contribution in [2.75, 3.05) is 0 Å². The Hall–Kier alpha value is -2.59. The molecule has 0 bridgehead atoms. The highest BCUT2D eigenvalue weighted by Crippen LogP contribution is 2.20. The molecule has 2 rings (SSSR count). The third kappa shape index (κ3) is 9.64. The Morgan fingerprint density at radius 3 is 1.42 bits per heavy atom. The molecular weight excluding hydrogens is 379 g/mol. The van der Waals surface area contributed by atoms with Crippen LogP contribution in [0.1, 0.15) is 26.3 Å². The van der Waals surface area contributed by atoms with Crippen molar-refractivity contribution in [1.82, 2.24) is 0 Å². The van der Waals surface area contributed by atoms with Crippen LogP contribution >= 0.6 is 0 Å². The SMILES string of the molecule is Cc1ccc(C=O)cc1.O=Cc1ccc([18F])cc1.O=S(=O)([O-])C(F)(F)F. The first-order valence-corrected chi connectivity index (χ1v) is 8.06. The average Bonchev–Trinajstić information content (AvgIpc) is 2.56. The maximum Gasteiger partial charge on any atom is 0.485 e. The summed E-state index contributed by atoms with van der Waals surface area (Å²) >= 11 is 0. The minimum absolute atomic E-state index is 0.319. The second-order valence-corrected chi connectivity index (χ2v) is 5.97. The minimum Gasteiger partial charge on any atom is -0.741 e. The molecule has 0 amide bonds. The Balaban J connectivity index is 0.000000362. The van der Waals surface area contributed by atoms with Crippen LogP contribution in [-0.2, 0) is 10.1 Å². The van der Waals surface area contributed by atoms with Gasteiger partial charge in [-0.15, -0.1) is 0 Å². The maximum atomic E-state index is 12.1. The van der Waals surface area contributed by atoms with Gasteiger partial charge < -0.3 is 4.55 Å². The molecule has 0 saturated carbocycles. The number of aldehydes is 2. The summed E-state index contributed by atoms with van der Waals surface area (Å²) in [6, 6.07) is 12.8. The molecule has 0 unspecified atom stereocenters. The van der Waals surface area contributed by atoms with Gasteiger partial charge in [-0.05, 0) is 31.2 Å². The Labute approximate surface area is 147 Å². The van der Waals surface area contributed by atoms with Gasteiger partial charge in [0.05, 0.1) is 0 Å². The van der Waals surface area contributed by atoms with Gasteiger partial charge in [0.1, 0.15) is 18.4 Å². The lowest BCUT2D eigenvalue weighted by atomic mass is 10.2. The van der Waals surface area contributed by atoms with Crippen LogP contribution in [0.15, 0.2) is 48.5 Å². The quantitative estimate of drug-likeness (QED) is 0.338. The highest BCUT2D eigenvalue weighted by molar-refractivity contribution is 7.86. The predicted octanol–water partition coefficient (Wildman–Crippen LogP) is 3.50. The number of alkyl halides is 3. The van der Waals surface area contributed by atoms with Gasteiger partial charge in [-0.25, -0.2) is 12.8 Å². The molecule has 0 fully saturated rings. The first-order chi connectivity index (χ1) is 11.9. The molecule has 5 nitrogen and oxygen atoms in total. The molecule has 2 aromatic carbocycles. The van der Waals surface area contributed by atoms with E-state index in [0.717, 1.165) is 11.8 Å². The molecule has 0 heterocycles. The van der Waals surface area contributed by atoms with Crippen molar-refractivity contribution < 1.29 is 40.1 Å². The van der Waals surface area contributed by atoms with E-state index >= 15 is 0 Å². The Morgan fingerprint density at radius 1 is 0.846 bits per heavy atom. The number of rotatable bonds is 2. The summed E-state index contributed by atoms with van der Waals surface area (Å²) in [4.78, 5) is 20.1. The van der Waals surface area contributed by atoms with E-state index in [4.69, 9.17) is 13.0 Å². The van der Waals surface area contributed by atoms with Crippen LogP contribution in [-0.4, -0.2) is 31.1 Å². The lowest BCUT2D eigenvalue weighted by Gasteiger charge is -2.08. The van der Waals surface area contributed by atoms with E-state index in [0.29, 0.717) is 11.8 Å². The van der Waals surface area contributed by atoms with Crippen LogP contribution in [0, 0.1) is 12.7 Å². The number of aryl methyl sites for hydroxylation is 1. The van der Waals surface area contributed by atoms with Crippen LogP contribution < -0.4 is 0 Å². The molecular formula is C16H13F4O5S-. The molecule has 0 aliphatic carbocycles. The lowest BCUT2D eigenvalue weighted by Crippen LogP contribution is -2.21. The standard InChI is InChI=1S/C8H8O.C7H5FO.CHF3O3S/c1-7-2-4-8(6-9)5-3-7;8-7-3-1-6(5-9)2-4-7;2-1(3,4)8(5,6)7/h2-6H,1H3;1-5H;(H,5,6,7)/p-1/i;8-1;. The predicted molar refractivity (Wildman–Crippen MR) is 84.1 cm³/mol. The fourth-order valence-corrected chi connectivity index (χ4v) is 1.19. The van der Waals surface area contributed by atoms with E-state index in [1.165, 1.54) is 29.8 Å². The smallest absolute Gasteiger partial charge is 0.485 e. The normalized spacial score (nSPS) is 10.5. The fourth-order valence-electron chi connectivity index (χ4n) is 1.19. The minimum atomic E-state index is -6.09. The molecule has 0 saturated heterocycles. The van der Waals surface area contributed by atoms with Gasteiger partial charge >= 0.3 is 5.51 Å². The van der Waals surface area contributed by atoms with Crippen molar-refractivity contribution >= 4 is 22.7 Å². The van der Waals surface area contributed by atoms with E-state index < -0.39 is 15.6 Å². The van der Waals surface area contributed by atoms with Gasteiger partial charge in [0.2, 0.25) is 0 Å². The monoisotopic (exact) mass is 392 g/mol. The summed E-state index contributed by atoms with van der Waals surface area (Å²) in [6.45, 7) is 1.99. The zero-order valence-electron chi connectivity index (χ0n) is 13.2. The number of hydrogen-bond acceptors (Lipinski definition) is 5. The van der Waals surface area contributed by atoms with Crippen molar-refractivity contribution in [2.45, 2.75) is 12.4 Å². The van der Waals surface area contributed by atoms with E-state index in [2.05, 4.69) is 0 Å². The molecule has 26 heavy (non-hydrogen) atoms. The van der Waals surface area contributed by atoms with Crippen molar-refractivity contribution in [3.8, 4) is 0 Å². The number of carbonyl (C=O) groups excluding carboxylic acids is 2. The van der Waals surface area contributed by atoms with Crippen molar-refractivity contribution in [1.29, 1.82) is 0 Å². The molecule has 0 aliphatic rings. The molecule has 2 aromatic rings. The molecule has 0 radical (unpaired) electrons. The van der Waals surface area contributed by atoms with Crippen LogP contribution in [0.5, 0.6) is 0 Å². The molecule has 0 spiro atoms. The maximum absolute atomic E-state index is 12.1. The molecule has 10 heteroatoms. The van der Waals surface area contributed by atoms with E-state index in [1.807, 2.05) is 31.2 Å². The van der Waals surface area contributed by atoms with E-state index in [1.54, 1.807) is 0 Å². The summed E-state index contributed by atoms with van der Waals surface area (Å²) in [6.07, 6.45) is 1.53. The second-order valence-electron chi connectivity index (χ2n) is 4.60. The highest BCUT2D eigenvalue weighted by atomic mass is 32.2. The summed E-state index contributed by atoms with van der Waals surface area (Å²) in [7, 11) is -6.09. The third-order valence-electron chi connectivity index (χ3n) is 2.50. The first-order valence-electron chi connectivity index (χ1n) is 6.65. The van der Waals surface area contributed by atoms with Crippen LogP contribution in [0.2, 0.25) is 0 Å². The van der Waals surface area contributed by atoms with Crippen LogP contribution in [0.25, 0.3) is 0 Å². The fraction of sp³-hybridized carbons (Fsp3) is 0.125. The summed E-state index contributed by atoms with van der Waals surface area (Å²) in [5.74, 6) is -0.319. The summed E-state index contributed by atoms with van der Waals surface area (Å²) in [5.41, 5.74) is -3.23. The largest absolute Gasteiger partial charge is 0.741 e. The topological polar surface area (TPSA) is 91.3 Å². The highest BCUT2D eigenvalue weighted by Gasteiger charge is 2.36. The number of halogens is 4. The molecule has 142 valence electrons. The third-order valence-corrected chi connectivity index (χ3v) is 3.07. The zero-order valence-corrected chi connectivity index (χ0v) is 14.1. The van der Waals surface area contributed by atoms with Crippen molar-refractivity contribution in [2.24, 2.45) is 0 Å². The van der Waals surface area contributed by atoms with Gasteiger partial charge in [0.25, 0.3) is 0 Å². The Morgan fingerprint density at radius 2 is 1.15 bits per heavy atom. The van der Waals surface area contributed by atoms with E-state index in [-0.39, 0.29) is 5.82 Å². The molecule has 0 aromatic heterocycles. The number of hydrogen-bond donors (Lipinski definition) is 0. The molecule has 0 N–H and O–H groups in total. The number of carbonyl (C=O) groups is 2. The van der Waals surface area contributed by atoms with E-state index in [9.17, 15) is 27.2 Å². The summed E-state index contributed by atoms with van der Waals surface area (Å²) < 4.78 is 71.0. The van der Waals surface area contributed by atoms with Gasteiger partial charge in [0.15, 0.2) is 10.1 Å². The Kier molecular flexibility index (Phi) is 9.37. The van der Waals surface area contributed by atoms with Crippen molar-refractivity contribution in [3.63, 3.8) is 0 Å². The molecule has 0 atom stereocenters. The van der Waals surface area contributed by atoms with Crippen LogP contribution in [0.4, 0.5) is 17.6 Å². The van der Waals surface area contributed by atoms with Crippen molar-refractivity contribution in [3.05, 3.63) is 71.0 Å². The second kappa shape index (κ2) is 10.4. The number of benzene rings is 2. The van der Waals surface area contributed by atoms with Gasteiger partial charge in [-0.1, -0.05) is 29.8 Å². The van der Waals surface area contributed by atoms with Gasteiger partial charge in [-0.3, -0.25) is 9.59 Å². The van der Waals surface area contributed by atoms with Crippen LogP contribution in [0.3, 0.4) is 0 Å². The summed E-state index contributed by atoms with van der Waals surface area (Å²) in [5, 5.41) is 0. The lowest BCUT2D eigenvalue weighted by molar-refractivity contribution is -0.0517. The van der Waals surface area contributed by atoms with Gasteiger partial charge in [-0.2, -0.15) is 13.2 Å². The van der Waals surface area contributed by atoms with Gasteiger partial charge in [0, 0.05) is 11.1 Å². The zero-order chi connectivity index (χ0) is 20.4.